The van der Waals surface area contributed by atoms with Crippen molar-refractivity contribution in [1.29, 1.82) is 0 Å². The van der Waals surface area contributed by atoms with Gasteiger partial charge in [0.15, 0.2) is 5.69 Å². The number of nitrogens with zero attached hydrogens (tertiary/aromatic N) is 3. The smallest absolute Gasteiger partial charge is 0.276 e. The second kappa shape index (κ2) is 3.77. The van der Waals surface area contributed by atoms with Crippen molar-refractivity contribution < 1.29 is 4.79 Å². The molecular weight excluding hydrogens is 180 g/mol. The standard InChI is InChI=1S/C9H14N4O/c1-2-7-3-4-13(6-7)9(14)8-5-10-12-11-8/h5,7H,2-4,6H2,1H3,(H,10,11,12). The van der Waals surface area contributed by atoms with E-state index in [0.717, 1.165) is 25.9 Å². The van der Waals surface area contributed by atoms with E-state index in [1.54, 1.807) is 0 Å². The van der Waals surface area contributed by atoms with Gasteiger partial charge in [0.25, 0.3) is 5.91 Å². The molecule has 0 spiro atoms. The largest absolute Gasteiger partial charge is 0.337 e. The summed E-state index contributed by atoms with van der Waals surface area (Å²) < 4.78 is 0. The second-order valence-corrected chi connectivity index (χ2v) is 3.67. The van der Waals surface area contributed by atoms with Crippen molar-refractivity contribution in [3.05, 3.63) is 11.9 Å². The minimum Gasteiger partial charge on any atom is -0.337 e. The van der Waals surface area contributed by atoms with Crippen LogP contribution in [0, 0.1) is 5.92 Å². The van der Waals surface area contributed by atoms with Crippen molar-refractivity contribution in [3.8, 4) is 0 Å². The van der Waals surface area contributed by atoms with Crippen LogP contribution in [0.1, 0.15) is 30.3 Å². The molecule has 1 aliphatic heterocycles. The van der Waals surface area contributed by atoms with Crippen molar-refractivity contribution in [1.82, 2.24) is 20.3 Å². The maximum atomic E-state index is 11.8. The Kier molecular flexibility index (Phi) is 2.47. The van der Waals surface area contributed by atoms with Gasteiger partial charge < -0.3 is 4.90 Å². The van der Waals surface area contributed by atoms with E-state index in [1.165, 1.54) is 6.20 Å². The molecule has 76 valence electrons. The lowest BCUT2D eigenvalue weighted by Crippen LogP contribution is -2.28. The van der Waals surface area contributed by atoms with Crippen LogP contribution >= 0.6 is 0 Å². The van der Waals surface area contributed by atoms with Gasteiger partial charge in [0.05, 0.1) is 6.20 Å². The summed E-state index contributed by atoms with van der Waals surface area (Å²) >= 11 is 0. The van der Waals surface area contributed by atoms with Crippen LogP contribution in [0.15, 0.2) is 6.20 Å². The molecule has 1 fully saturated rings. The first-order valence-corrected chi connectivity index (χ1v) is 4.96. The van der Waals surface area contributed by atoms with Gasteiger partial charge in [0.2, 0.25) is 0 Å². The number of H-pyrrole nitrogens is 1. The summed E-state index contributed by atoms with van der Waals surface area (Å²) in [5, 5.41) is 9.87. The molecule has 1 aromatic heterocycles. The fraction of sp³-hybridized carbons (Fsp3) is 0.667. The molecule has 1 amide bonds. The minimum absolute atomic E-state index is 0.00491. The molecule has 14 heavy (non-hydrogen) atoms. The van der Waals surface area contributed by atoms with Crippen molar-refractivity contribution >= 4 is 5.91 Å². The summed E-state index contributed by atoms with van der Waals surface area (Å²) in [5.74, 6) is 0.653. The monoisotopic (exact) mass is 194 g/mol. The Morgan fingerprint density at radius 3 is 3.21 bits per heavy atom. The number of carbonyl (C=O) groups is 1. The molecule has 1 aliphatic rings. The Labute approximate surface area is 82.5 Å². The first-order chi connectivity index (χ1) is 6.81. The van der Waals surface area contributed by atoms with Gasteiger partial charge in [-0.2, -0.15) is 15.4 Å². The third-order valence-corrected chi connectivity index (χ3v) is 2.78. The van der Waals surface area contributed by atoms with Crippen LogP contribution in [0.25, 0.3) is 0 Å². The van der Waals surface area contributed by atoms with E-state index in [9.17, 15) is 4.79 Å². The summed E-state index contributed by atoms with van der Waals surface area (Å²) in [4.78, 5) is 13.6. The van der Waals surface area contributed by atoms with E-state index in [4.69, 9.17) is 0 Å². The highest BCUT2D eigenvalue weighted by Crippen LogP contribution is 2.20. The van der Waals surface area contributed by atoms with Crippen LogP contribution < -0.4 is 0 Å². The van der Waals surface area contributed by atoms with Crippen LogP contribution in [0.5, 0.6) is 0 Å². The zero-order valence-electron chi connectivity index (χ0n) is 8.23. The van der Waals surface area contributed by atoms with Gasteiger partial charge in [-0.25, -0.2) is 0 Å². The molecular formula is C9H14N4O. The fourth-order valence-electron chi connectivity index (χ4n) is 1.82. The third-order valence-electron chi connectivity index (χ3n) is 2.78. The Hall–Kier alpha value is -1.39. The van der Waals surface area contributed by atoms with Crippen molar-refractivity contribution in [2.24, 2.45) is 5.92 Å². The summed E-state index contributed by atoms with van der Waals surface area (Å²) in [6.07, 6.45) is 3.73. The van der Waals surface area contributed by atoms with Crippen LogP contribution in [-0.2, 0) is 0 Å². The molecule has 0 aliphatic carbocycles. The van der Waals surface area contributed by atoms with Gasteiger partial charge in [-0.1, -0.05) is 13.3 Å². The molecule has 1 atom stereocenters. The van der Waals surface area contributed by atoms with Gasteiger partial charge in [-0.15, -0.1) is 0 Å². The van der Waals surface area contributed by atoms with Gasteiger partial charge in [0, 0.05) is 13.1 Å². The number of rotatable bonds is 2. The number of nitrogens with one attached hydrogen (secondary N) is 1. The van der Waals surface area contributed by atoms with Crippen molar-refractivity contribution in [3.63, 3.8) is 0 Å². The van der Waals surface area contributed by atoms with Crippen molar-refractivity contribution in [2.45, 2.75) is 19.8 Å². The number of amides is 1. The number of likely N-dealkylation sites (tertiary alicyclic amines) is 1. The van der Waals surface area contributed by atoms with Crippen LogP contribution in [0.2, 0.25) is 0 Å². The van der Waals surface area contributed by atoms with E-state index in [1.807, 2.05) is 4.90 Å². The van der Waals surface area contributed by atoms with Gasteiger partial charge >= 0.3 is 0 Å². The molecule has 2 rings (SSSR count). The van der Waals surface area contributed by atoms with Gasteiger partial charge in [0.1, 0.15) is 0 Å². The molecule has 2 heterocycles. The topological polar surface area (TPSA) is 61.9 Å². The average molecular weight is 194 g/mol. The van der Waals surface area contributed by atoms with Crippen LogP contribution in [0.3, 0.4) is 0 Å². The molecule has 5 heteroatoms. The van der Waals surface area contributed by atoms with E-state index >= 15 is 0 Å². The minimum atomic E-state index is -0.00491. The lowest BCUT2D eigenvalue weighted by Gasteiger charge is -2.13. The second-order valence-electron chi connectivity index (χ2n) is 3.67. The Balaban J connectivity index is 2.00. The molecule has 0 bridgehead atoms. The third kappa shape index (κ3) is 1.62. The molecule has 1 N–H and O–H groups in total. The zero-order valence-corrected chi connectivity index (χ0v) is 8.23. The number of aromatic nitrogens is 3. The number of hydrogen-bond donors (Lipinski definition) is 1. The highest BCUT2D eigenvalue weighted by Gasteiger charge is 2.26. The highest BCUT2D eigenvalue weighted by atomic mass is 16.2. The van der Waals surface area contributed by atoms with Gasteiger partial charge in [-0.05, 0) is 12.3 Å². The fourth-order valence-corrected chi connectivity index (χ4v) is 1.82. The average Bonchev–Trinajstić information content (AvgIpc) is 2.88. The molecule has 1 unspecified atom stereocenters. The predicted molar refractivity (Wildman–Crippen MR) is 50.7 cm³/mol. The first kappa shape index (κ1) is 9.18. The van der Waals surface area contributed by atoms with Crippen LogP contribution in [0.4, 0.5) is 0 Å². The molecule has 1 saturated heterocycles. The normalized spacial score (nSPS) is 21.5. The maximum Gasteiger partial charge on any atom is 0.276 e. The SMILES string of the molecule is CCC1CCN(C(=O)c2cn[nH]n2)C1. The van der Waals surface area contributed by atoms with E-state index in [-0.39, 0.29) is 5.91 Å². The molecule has 5 nitrogen and oxygen atoms in total. The summed E-state index contributed by atoms with van der Waals surface area (Å²) in [6, 6.07) is 0. The van der Waals surface area contributed by atoms with Gasteiger partial charge in [-0.3, -0.25) is 4.79 Å². The Morgan fingerprint density at radius 2 is 2.64 bits per heavy atom. The number of carbonyl (C=O) groups excluding carboxylic acids is 1. The van der Waals surface area contributed by atoms with E-state index < -0.39 is 0 Å². The Bertz CT molecular complexity index is 309. The summed E-state index contributed by atoms with van der Waals surface area (Å²) in [7, 11) is 0. The van der Waals surface area contributed by atoms with E-state index in [0.29, 0.717) is 11.6 Å². The van der Waals surface area contributed by atoms with Crippen LogP contribution in [-0.4, -0.2) is 39.3 Å². The van der Waals surface area contributed by atoms with E-state index in [2.05, 4.69) is 22.3 Å². The predicted octanol–water partition coefficient (Wildman–Crippen LogP) is 0.677. The number of hydrogen-bond acceptors (Lipinski definition) is 3. The summed E-state index contributed by atoms with van der Waals surface area (Å²) in [6.45, 7) is 3.88. The number of aromatic amines is 1. The lowest BCUT2D eigenvalue weighted by molar-refractivity contribution is 0.0781. The zero-order chi connectivity index (χ0) is 9.97. The lowest BCUT2D eigenvalue weighted by atomic mass is 10.1. The highest BCUT2D eigenvalue weighted by molar-refractivity contribution is 5.92. The summed E-state index contributed by atoms with van der Waals surface area (Å²) in [5.41, 5.74) is 0.418. The van der Waals surface area contributed by atoms with Crippen molar-refractivity contribution in [2.75, 3.05) is 13.1 Å². The molecule has 0 saturated carbocycles. The first-order valence-electron chi connectivity index (χ1n) is 4.96. The molecule has 0 aromatic carbocycles. The quantitative estimate of drug-likeness (QED) is 0.753. The molecule has 0 radical (unpaired) electrons. The maximum absolute atomic E-state index is 11.8. The Morgan fingerprint density at radius 1 is 1.79 bits per heavy atom. The molecule has 1 aromatic rings.